The number of carbonyl (C=O) groups excluding carboxylic acids is 1. The van der Waals surface area contributed by atoms with Crippen LogP contribution < -0.4 is 10.1 Å². The number of hydrogen-bond acceptors (Lipinski definition) is 3. The van der Waals surface area contributed by atoms with Crippen molar-refractivity contribution in [3.8, 4) is 5.75 Å². The van der Waals surface area contributed by atoms with Crippen LogP contribution in [0, 0.1) is 6.92 Å². The van der Waals surface area contributed by atoms with Gasteiger partial charge in [-0.1, -0.05) is 55.8 Å². The Balaban J connectivity index is 1.39. The molecular weight excluding hydrogens is 434 g/mol. The molecule has 0 aliphatic carbocycles. The van der Waals surface area contributed by atoms with Gasteiger partial charge >= 0.3 is 0 Å². The van der Waals surface area contributed by atoms with E-state index in [0.29, 0.717) is 18.1 Å². The number of nitrogens with one attached hydrogen (secondary N) is 1. The van der Waals surface area contributed by atoms with Gasteiger partial charge in [0, 0.05) is 12.1 Å². The second-order valence-corrected chi connectivity index (χ2v) is 9.45. The molecule has 35 heavy (non-hydrogen) atoms. The average molecular weight is 470 g/mol. The predicted octanol–water partition coefficient (Wildman–Crippen LogP) is 6.82. The van der Waals surface area contributed by atoms with Gasteiger partial charge in [0.1, 0.15) is 11.6 Å². The van der Waals surface area contributed by atoms with Gasteiger partial charge in [-0.05, 0) is 74.6 Å². The van der Waals surface area contributed by atoms with Crippen LogP contribution in [-0.4, -0.2) is 22.1 Å². The summed E-state index contributed by atoms with van der Waals surface area (Å²) in [7, 11) is 0. The molecule has 0 spiro atoms. The van der Waals surface area contributed by atoms with Crippen molar-refractivity contribution >= 4 is 16.9 Å². The Bertz CT molecular complexity index is 1270. The van der Waals surface area contributed by atoms with Crippen molar-refractivity contribution in [1.29, 1.82) is 0 Å². The van der Waals surface area contributed by atoms with E-state index in [-0.39, 0.29) is 11.9 Å². The first-order valence-electron chi connectivity index (χ1n) is 12.5. The summed E-state index contributed by atoms with van der Waals surface area (Å²) in [4.78, 5) is 17.7. The number of amides is 1. The first kappa shape index (κ1) is 24.5. The molecule has 1 N–H and O–H groups in total. The summed E-state index contributed by atoms with van der Waals surface area (Å²) in [5.41, 5.74) is 5.08. The molecule has 0 bridgehead atoms. The Morgan fingerprint density at radius 2 is 1.74 bits per heavy atom. The average Bonchev–Trinajstić information content (AvgIpc) is 3.23. The van der Waals surface area contributed by atoms with E-state index in [2.05, 4.69) is 54.1 Å². The van der Waals surface area contributed by atoms with E-state index in [1.807, 2.05) is 56.3 Å². The fourth-order valence-corrected chi connectivity index (χ4v) is 4.30. The van der Waals surface area contributed by atoms with Crippen LogP contribution in [0.2, 0.25) is 0 Å². The Hall–Kier alpha value is -3.60. The van der Waals surface area contributed by atoms with E-state index in [4.69, 9.17) is 9.72 Å². The quantitative estimate of drug-likeness (QED) is 0.259. The van der Waals surface area contributed by atoms with E-state index in [0.717, 1.165) is 47.6 Å². The molecule has 0 aliphatic rings. The molecule has 4 rings (SSSR count). The molecule has 1 atom stereocenters. The number of carbonyl (C=O) groups is 1. The number of hydrogen-bond donors (Lipinski definition) is 1. The van der Waals surface area contributed by atoms with E-state index >= 15 is 0 Å². The number of benzene rings is 3. The smallest absolute Gasteiger partial charge is 0.251 e. The summed E-state index contributed by atoms with van der Waals surface area (Å²) in [6.07, 6.45) is 1.89. The van der Waals surface area contributed by atoms with Crippen LogP contribution in [-0.2, 0) is 6.54 Å². The zero-order valence-corrected chi connectivity index (χ0v) is 21.1. The van der Waals surface area contributed by atoms with Gasteiger partial charge in [-0.3, -0.25) is 4.79 Å². The van der Waals surface area contributed by atoms with Crippen molar-refractivity contribution in [2.75, 3.05) is 6.61 Å². The second kappa shape index (κ2) is 11.2. The predicted molar refractivity (Wildman–Crippen MR) is 142 cm³/mol. The van der Waals surface area contributed by atoms with Crippen molar-refractivity contribution in [2.45, 2.75) is 59.0 Å². The lowest BCUT2D eigenvalue weighted by molar-refractivity contribution is 0.0937. The second-order valence-electron chi connectivity index (χ2n) is 9.45. The number of ether oxygens (including phenoxy) is 1. The van der Waals surface area contributed by atoms with Crippen molar-refractivity contribution in [2.24, 2.45) is 0 Å². The minimum atomic E-state index is -0.217. The number of fused-ring (bicyclic) bond motifs is 1. The molecule has 1 aromatic heterocycles. The fourth-order valence-electron chi connectivity index (χ4n) is 4.30. The summed E-state index contributed by atoms with van der Waals surface area (Å²) in [6, 6.07) is 23.9. The summed E-state index contributed by atoms with van der Waals surface area (Å²) in [5.74, 6) is 2.22. The molecular formula is C30H35N3O2. The highest BCUT2D eigenvalue weighted by atomic mass is 16.5. The molecule has 182 valence electrons. The molecule has 1 heterocycles. The normalized spacial score (nSPS) is 12.1. The Labute approximate surface area is 208 Å². The molecule has 5 heteroatoms. The molecule has 0 fully saturated rings. The highest BCUT2D eigenvalue weighted by Crippen LogP contribution is 2.23. The first-order chi connectivity index (χ1) is 16.9. The van der Waals surface area contributed by atoms with Gasteiger partial charge in [0.2, 0.25) is 0 Å². The Kier molecular flexibility index (Phi) is 7.86. The van der Waals surface area contributed by atoms with Gasteiger partial charge in [-0.25, -0.2) is 4.98 Å². The number of nitrogens with zero attached hydrogens (tertiary/aromatic N) is 2. The maximum atomic E-state index is 12.8. The van der Waals surface area contributed by atoms with Crippen LogP contribution in [0.15, 0.2) is 72.8 Å². The van der Waals surface area contributed by atoms with Crippen LogP contribution >= 0.6 is 0 Å². The molecule has 0 saturated carbocycles. The maximum Gasteiger partial charge on any atom is 0.251 e. The third kappa shape index (κ3) is 6.10. The molecule has 4 aromatic rings. The number of para-hydroxylation sites is 2. The summed E-state index contributed by atoms with van der Waals surface area (Å²) in [5, 5.41) is 3.13. The summed E-state index contributed by atoms with van der Waals surface area (Å²) < 4.78 is 8.18. The Morgan fingerprint density at radius 1 is 0.971 bits per heavy atom. The zero-order chi connectivity index (χ0) is 24.8. The van der Waals surface area contributed by atoms with E-state index in [9.17, 15) is 4.79 Å². The highest BCUT2D eigenvalue weighted by Gasteiger charge is 2.19. The standard InChI is InChI=1S/C30H35N3O2/c1-21(2)24-14-16-26(17-15-24)35-19-8-7-18-33-28-13-6-5-12-27(28)32-29(33)23(4)31-30(34)25-11-9-10-22(3)20-25/h5-6,9-17,20-21,23H,7-8,18-19H2,1-4H3,(H,31,34). The number of unbranched alkanes of at least 4 members (excludes halogenated alkanes) is 1. The lowest BCUT2D eigenvalue weighted by atomic mass is 10.0. The number of aryl methyl sites for hydroxylation is 2. The molecule has 0 saturated heterocycles. The van der Waals surface area contributed by atoms with Gasteiger partial charge in [0.25, 0.3) is 5.91 Å². The van der Waals surface area contributed by atoms with Crippen molar-refractivity contribution in [3.63, 3.8) is 0 Å². The van der Waals surface area contributed by atoms with Crippen LogP contribution in [0.5, 0.6) is 5.75 Å². The molecule has 1 amide bonds. The first-order valence-corrected chi connectivity index (χ1v) is 12.5. The lowest BCUT2D eigenvalue weighted by Crippen LogP contribution is -2.28. The topological polar surface area (TPSA) is 56.2 Å². The van der Waals surface area contributed by atoms with Gasteiger partial charge in [0.15, 0.2) is 0 Å². The van der Waals surface area contributed by atoms with E-state index in [1.54, 1.807) is 0 Å². The summed E-state index contributed by atoms with van der Waals surface area (Å²) >= 11 is 0. The summed E-state index contributed by atoms with van der Waals surface area (Å²) in [6.45, 7) is 9.86. The van der Waals surface area contributed by atoms with Gasteiger partial charge in [-0.2, -0.15) is 0 Å². The molecule has 0 aliphatic heterocycles. The molecule has 1 unspecified atom stereocenters. The monoisotopic (exact) mass is 469 g/mol. The number of imidazole rings is 1. The van der Waals surface area contributed by atoms with Gasteiger partial charge in [0.05, 0.1) is 23.7 Å². The van der Waals surface area contributed by atoms with E-state index < -0.39 is 0 Å². The number of aromatic nitrogens is 2. The maximum absolute atomic E-state index is 12.8. The van der Waals surface area contributed by atoms with Gasteiger partial charge in [-0.15, -0.1) is 0 Å². The van der Waals surface area contributed by atoms with Crippen molar-refractivity contribution in [3.05, 3.63) is 95.3 Å². The van der Waals surface area contributed by atoms with Crippen LogP contribution in [0.25, 0.3) is 11.0 Å². The van der Waals surface area contributed by atoms with Gasteiger partial charge < -0.3 is 14.6 Å². The molecule has 0 radical (unpaired) electrons. The minimum absolute atomic E-state index is 0.0864. The highest BCUT2D eigenvalue weighted by molar-refractivity contribution is 5.94. The third-order valence-electron chi connectivity index (χ3n) is 6.29. The van der Waals surface area contributed by atoms with Crippen LogP contribution in [0.1, 0.15) is 72.9 Å². The van der Waals surface area contributed by atoms with Crippen molar-refractivity contribution in [1.82, 2.24) is 14.9 Å². The number of rotatable bonds is 10. The van der Waals surface area contributed by atoms with E-state index in [1.165, 1.54) is 5.56 Å². The lowest BCUT2D eigenvalue weighted by Gasteiger charge is -2.17. The minimum Gasteiger partial charge on any atom is -0.494 e. The van der Waals surface area contributed by atoms with Crippen LogP contribution in [0.3, 0.4) is 0 Å². The van der Waals surface area contributed by atoms with Crippen molar-refractivity contribution < 1.29 is 9.53 Å². The SMILES string of the molecule is Cc1cccc(C(=O)NC(C)c2nc3ccccc3n2CCCCOc2ccc(C(C)C)cc2)c1. The molecule has 3 aromatic carbocycles. The fraction of sp³-hybridized carbons (Fsp3) is 0.333. The van der Waals surface area contributed by atoms with Crippen LogP contribution in [0.4, 0.5) is 0 Å². The molecule has 5 nitrogen and oxygen atoms in total. The Morgan fingerprint density at radius 3 is 2.49 bits per heavy atom. The third-order valence-corrected chi connectivity index (χ3v) is 6.29. The zero-order valence-electron chi connectivity index (χ0n) is 21.1. The largest absolute Gasteiger partial charge is 0.494 e.